The smallest absolute Gasteiger partial charge is 0.249 e. The number of nitrogens with zero attached hydrogens (tertiary/aromatic N) is 3. The van der Waals surface area contributed by atoms with Gasteiger partial charge in [-0.1, -0.05) is 58.9 Å². The molecule has 1 spiro atoms. The molecule has 9 nitrogen and oxygen atoms in total. The molecule has 4 aliphatic rings. The average molecular weight is 608 g/mol. The summed E-state index contributed by atoms with van der Waals surface area (Å²) in [4.78, 5) is 49.1. The van der Waals surface area contributed by atoms with Crippen molar-refractivity contribution in [3.05, 3.63) is 48.6 Å². The first-order chi connectivity index (χ1) is 20.7. The van der Waals surface area contributed by atoms with Gasteiger partial charge in [-0.25, -0.2) is 0 Å². The topological polar surface area (TPSA) is 99.6 Å². The van der Waals surface area contributed by atoms with Crippen LogP contribution < -0.4 is 9.64 Å². The lowest BCUT2D eigenvalue weighted by Gasteiger charge is -2.45. The van der Waals surface area contributed by atoms with Gasteiger partial charge in [0.05, 0.1) is 37.2 Å². The third kappa shape index (κ3) is 5.36. The van der Waals surface area contributed by atoms with Crippen LogP contribution in [0.1, 0.15) is 61.8 Å². The highest BCUT2D eigenvalue weighted by atomic mass is 16.5. The van der Waals surface area contributed by atoms with E-state index in [2.05, 4.69) is 34.6 Å². The Morgan fingerprint density at radius 1 is 1.00 bits per heavy atom. The van der Waals surface area contributed by atoms with E-state index in [9.17, 15) is 19.5 Å². The number of carbonyl (C=O) groups excluding carboxylic acids is 3. The SMILES string of the molecule is CCOc1ccc(N2CC=C[C@@H]3O[C@]45C=CCN(C(C)(C)CC(C)(C)C)C(=O)C4N([C@@H](CO)C(C)C)C(=O)[C@@H]5[C@@H]3C2=O)cc1. The summed E-state index contributed by atoms with van der Waals surface area (Å²) >= 11 is 0. The first-order valence-corrected chi connectivity index (χ1v) is 16.0. The Bertz CT molecular complexity index is 1330. The molecule has 1 aromatic rings. The van der Waals surface area contributed by atoms with Crippen LogP contribution in [-0.2, 0) is 19.1 Å². The van der Waals surface area contributed by atoms with Crippen LogP contribution in [0.3, 0.4) is 0 Å². The van der Waals surface area contributed by atoms with Gasteiger partial charge in [0, 0.05) is 24.3 Å². The molecular weight excluding hydrogens is 558 g/mol. The van der Waals surface area contributed by atoms with Crippen molar-refractivity contribution in [3.8, 4) is 5.75 Å². The van der Waals surface area contributed by atoms with Gasteiger partial charge in [-0.2, -0.15) is 0 Å². The Hall–Kier alpha value is -3.17. The Morgan fingerprint density at radius 2 is 1.68 bits per heavy atom. The lowest BCUT2D eigenvalue weighted by Crippen LogP contribution is -2.62. The second-order valence-corrected chi connectivity index (χ2v) is 14.8. The molecule has 1 N–H and O–H groups in total. The van der Waals surface area contributed by atoms with Crippen LogP contribution in [-0.4, -0.2) is 88.3 Å². The lowest BCUT2D eigenvalue weighted by atomic mass is 9.77. The largest absolute Gasteiger partial charge is 0.494 e. The van der Waals surface area contributed by atoms with Crippen molar-refractivity contribution in [1.82, 2.24) is 9.80 Å². The molecule has 5 rings (SSSR count). The van der Waals surface area contributed by atoms with Gasteiger partial charge in [0.15, 0.2) is 0 Å². The standard InChI is InChI=1S/C35H49N3O6/c1-9-43-24-15-13-23(14-16-24)36-18-10-12-26-27(30(36)40)28-31(41)38(25(20-39)22(2)3)29-32(42)37(19-11-17-35(28,29)44-26)34(7,8)21-33(4,5)6/h10-17,22,25-29,39H,9,18-21H2,1-8H3/t25-,26-,27+,28-,29?,35-/m0/s1. The summed E-state index contributed by atoms with van der Waals surface area (Å²) in [6.07, 6.45) is 7.65. The molecular formula is C35H49N3O6. The zero-order valence-corrected chi connectivity index (χ0v) is 27.4. The fourth-order valence-electron chi connectivity index (χ4n) is 8.11. The van der Waals surface area contributed by atoms with E-state index >= 15 is 0 Å². The molecule has 0 aliphatic carbocycles. The minimum absolute atomic E-state index is 0.0463. The van der Waals surface area contributed by atoms with Crippen LogP contribution in [0.25, 0.3) is 0 Å². The Kier molecular flexibility index (Phi) is 8.53. The minimum Gasteiger partial charge on any atom is -0.494 e. The molecule has 2 fully saturated rings. The van der Waals surface area contributed by atoms with Crippen LogP contribution in [0.15, 0.2) is 48.6 Å². The van der Waals surface area contributed by atoms with Crippen LogP contribution >= 0.6 is 0 Å². The molecule has 0 bridgehead atoms. The zero-order chi connectivity index (χ0) is 32.2. The Morgan fingerprint density at radius 3 is 2.27 bits per heavy atom. The van der Waals surface area contributed by atoms with E-state index in [1.54, 1.807) is 9.80 Å². The number of likely N-dealkylation sites (tertiary alicyclic amines) is 1. The van der Waals surface area contributed by atoms with Gasteiger partial charge in [-0.3, -0.25) is 14.4 Å². The summed E-state index contributed by atoms with van der Waals surface area (Å²) in [7, 11) is 0. The maximum absolute atomic E-state index is 14.8. The summed E-state index contributed by atoms with van der Waals surface area (Å²) in [5, 5.41) is 10.6. The van der Waals surface area contributed by atoms with Crippen molar-refractivity contribution >= 4 is 23.4 Å². The van der Waals surface area contributed by atoms with Crippen LogP contribution in [0.2, 0.25) is 0 Å². The number of hydrogen-bond donors (Lipinski definition) is 1. The van der Waals surface area contributed by atoms with Crippen molar-refractivity contribution in [1.29, 1.82) is 0 Å². The molecule has 0 saturated carbocycles. The number of anilines is 1. The highest BCUT2D eigenvalue weighted by Crippen LogP contribution is 2.55. The van der Waals surface area contributed by atoms with Crippen molar-refractivity contribution < 1.29 is 29.0 Å². The second-order valence-electron chi connectivity index (χ2n) is 14.8. The average Bonchev–Trinajstić information content (AvgIpc) is 3.23. The number of benzene rings is 1. The van der Waals surface area contributed by atoms with Crippen molar-refractivity contribution in [2.24, 2.45) is 23.2 Å². The fraction of sp³-hybridized carbons (Fsp3) is 0.629. The molecule has 0 radical (unpaired) electrons. The predicted octanol–water partition coefficient (Wildman–Crippen LogP) is 4.20. The number of amides is 3. The maximum atomic E-state index is 14.8. The number of ether oxygens (including phenoxy) is 2. The molecule has 4 heterocycles. The third-order valence-corrected chi connectivity index (χ3v) is 9.56. The quantitative estimate of drug-likeness (QED) is 0.445. The number of fused-ring (bicyclic) bond motifs is 2. The Labute approximate surface area is 261 Å². The summed E-state index contributed by atoms with van der Waals surface area (Å²) < 4.78 is 12.4. The molecule has 2 saturated heterocycles. The third-order valence-electron chi connectivity index (χ3n) is 9.56. The van der Waals surface area contributed by atoms with Crippen LogP contribution in [0.4, 0.5) is 5.69 Å². The highest BCUT2D eigenvalue weighted by molar-refractivity contribution is 6.04. The molecule has 3 amide bonds. The van der Waals surface area contributed by atoms with Crippen molar-refractivity contribution in [2.45, 2.75) is 91.1 Å². The van der Waals surface area contributed by atoms with E-state index in [1.165, 1.54) is 0 Å². The molecule has 6 atom stereocenters. The van der Waals surface area contributed by atoms with Crippen LogP contribution in [0.5, 0.6) is 5.75 Å². The number of aliphatic hydroxyl groups excluding tert-OH is 1. The van der Waals surface area contributed by atoms with Gasteiger partial charge in [0.25, 0.3) is 0 Å². The van der Waals surface area contributed by atoms with E-state index < -0.39 is 41.2 Å². The van der Waals surface area contributed by atoms with E-state index in [4.69, 9.17) is 9.47 Å². The van der Waals surface area contributed by atoms with Gasteiger partial charge < -0.3 is 29.3 Å². The number of hydrogen-bond acceptors (Lipinski definition) is 6. The van der Waals surface area contributed by atoms with E-state index in [-0.39, 0.29) is 35.7 Å². The highest BCUT2D eigenvalue weighted by Gasteiger charge is 2.73. The van der Waals surface area contributed by atoms with Gasteiger partial charge in [-0.15, -0.1) is 0 Å². The van der Waals surface area contributed by atoms with Crippen LogP contribution in [0, 0.1) is 23.2 Å². The van der Waals surface area contributed by atoms with Gasteiger partial charge in [0.2, 0.25) is 17.7 Å². The number of aliphatic hydroxyl groups is 1. The zero-order valence-electron chi connectivity index (χ0n) is 27.4. The first kappa shape index (κ1) is 32.2. The first-order valence-electron chi connectivity index (χ1n) is 16.0. The minimum atomic E-state index is -1.35. The van der Waals surface area contributed by atoms with Crippen molar-refractivity contribution in [2.75, 3.05) is 31.2 Å². The molecule has 1 unspecified atom stereocenters. The van der Waals surface area contributed by atoms with Crippen molar-refractivity contribution in [3.63, 3.8) is 0 Å². The summed E-state index contributed by atoms with van der Waals surface area (Å²) in [5.74, 6) is -1.93. The molecule has 0 aromatic heterocycles. The van der Waals surface area contributed by atoms with Gasteiger partial charge in [0.1, 0.15) is 17.4 Å². The number of carbonyl (C=O) groups is 3. The molecule has 9 heteroatoms. The van der Waals surface area contributed by atoms with E-state index in [1.807, 2.05) is 74.2 Å². The normalized spacial score (nSPS) is 29.5. The van der Waals surface area contributed by atoms with E-state index in [0.29, 0.717) is 31.1 Å². The monoisotopic (exact) mass is 607 g/mol. The molecule has 4 aliphatic heterocycles. The summed E-state index contributed by atoms with van der Waals surface area (Å²) in [6, 6.07) is 5.73. The fourth-order valence-corrected chi connectivity index (χ4v) is 8.11. The molecule has 240 valence electrons. The van der Waals surface area contributed by atoms with Gasteiger partial charge >= 0.3 is 0 Å². The second kappa shape index (κ2) is 11.6. The molecule has 1 aromatic carbocycles. The predicted molar refractivity (Wildman–Crippen MR) is 169 cm³/mol. The lowest BCUT2D eigenvalue weighted by molar-refractivity contribution is -0.155. The number of rotatable bonds is 8. The maximum Gasteiger partial charge on any atom is 0.249 e. The summed E-state index contributed by atoms with van der Waals surface area (Å²) in [5.41, 5.74) is -1.22. The van der Waals surface area contributed by atoms with Gasteiger partial charge in [-0.05, 0) is 62.8 Å². The van der Waals surface area contributed by atoms with E-state index in [0.717, 1.165) is 6.42 Å². The summed E-state index contributed by atoms with van der Waals surface area (Å²) in [6.45, 7) is 17.3. The molecule has 44 heavy (non-hydrogen) atoms. The Balaban J connectivity index is 1.59.